The van der Waals surface area contributed by atoms with Crippen LogP contribution in [-0.2, 0) is 20.0 Å². The van der Waals surface area contributed by atoms with Crippen molar-refractivity contribution in [2.75, 3.05) is 7.11 Å². The zero-order valence-electron chi connectivity index (χ0n) is 13.8. The van der Waals surface area contributed by atoms with Crippen LogP contribution in [0.25, 0.3) is 0 Å². The molecule has 1 aromatic carbocycles. The number of urea groups is 1. The second kappa shape index (κ2) is 7.25. The summed E-state index contributed by atoms with van der Waals surface area (Å²) in [6.45, 7) is 0.404. The van der Waals surface area contributed by atoms with Crippen molar-refractivity contribution in [1.82, 2.24) is 20.4 Å². The minimum Gasteiger partial charge on any atom is -0.496 e. The quantitative estimate of drug-likeness (QED) is 0.839. The molecule has 2 N–H and O–H groups in total. The second-order valence-electron chi connectivity index (χ2n) is 5.90. The number of amides is 2. The largest absolute Gasteiger partial charge is 0.496 e. The summed E-state index contributed by atoms with van der Waals surface area (Å²) in [7, 11) is 3.57. The fourth-order valence-electron chi connectivity index (χ4n) is 3.13. The van der Waals surface area contributed by atoms with Crippen molar-refractivity contribution in [2.45, 2.75) is 31.8 Å². The van der Waals surface area contributed by atoms with Crippen molar-refractivity contribution < 1.29 is 9.53 Å². The number of aryl methyl sites for hydroxylation is 1. The fourth-order valence-corrected chi connectivity index (χ4v) is 3.53. The standard InChI is InChI=1S/C17H21BrN4O2/c1-22-15-5-3-4-14(13(15)10-20-22)21-17(23)19-9-11-8-12(18)6-7-16(11)24-2/h6-8,10,14H,3-5,9H2,1-2H3,(H2,19,21,23). The van der Waals surface area contributed by atoms with Gasteiger partial charge in [0.15, 0.2) is 0 Å². The molecule has 1 unspecified atom stereocenters. The summed E-state index contributed by atoms with van der Waals surface area (Å²) in [4.78, 5) is 12.3. The van der Waals surface area contributed by atoms with Crippen molar-refractivity contribution in [3.8, 4) is 5.75 Å². The Morgan fingerprint density at radius 3 is 3.12 bits per heavy atom. The number of fused-ring (bicyclic) bond motifs is 1. The van der Waals surface area contributed by atoms with Crippen molar-refractivity contribution in [1.29, 1.82) is 0 Å². The van der Waals surface area contributed by atoms with Crippen LogP contribution in [0.2, 0.25) is 0 Å². The number of nitrogens with zero attached hydrogens (tertiary/aromatic N) is 2. The average Bonchev–Trinajstić information content (AvgIpc) is 2.96. The van der Waals surface area contributed by atoms with E-state index in [1.54, 1.807) is 7.11 Å². The van der Waals surface area contributed by atoms with Crippen molar-refractivity contribution in [2.24, 2.45) is 7.05 Å². The topological polar surface area (TPSA) is 68.2 Å². The molecule has 1 heterocycles. The van der Waals surface area contributed by atoms with Crippen LogP contribution in [0.1, 0.15) is 35.7 Å². The van der Waals surface area contributed by atoms with Gasteiger partial charge in [-0.2, -0.15) is 5.10 Å². The maximum absolute atomic E-state index is 12.3. The number of halogens is 1. The third-order valence-corrected chi connectivity index (χ3v) is 4.86. The molecule has 7 heteroatoms. The second-order valence-corrected chi connectivity index (χ2v) is 6.81. The Labute approximate surface area is 149 Å². The summed E-state index contributed by atoms with van der Waals surface area (Å²) in [5.41, 5.74) is 3.26. The molecular weight excluding hydrogens is 372 g/mol. The van der Waals surface area contributed by atoms with Crippen LogP contribution < -0.4 is 15.4 Å². The van der Waals surface area contributed by atoms with Gasteiger partial charge in [0.25, 0.3) is 0 Å². The van der Waals surface area contributed by atoms with Gasteiger partial charge in [-0.05, 0) is 37.5 Å². The molecule has 0 saturated carbocycles. The fraction of sp³-hybridized carbons (Fsp3) is 0.412. The van der Waals surface area contributed by atoms with Gasteiger partial charge in [0.1, 0.15) is 5.75 Å². The monoisotopic (exact) mass is 392 g/mol. The van der Waals surface area contributed by atoms with Gasteiger partial charge in [0.2, 0.25) is 0 Å². The SMILES string of the molecule is COc1ccc(Br)cc1CNC(=O)NC1CCCc2c1cnn2C. The number of carbonyl (C=O) groups excluding carboxylic acids is 1. The van der Waals surface area contributed by atoms with E-state index < -0.39 is 0 Å². The van der Waals surface area contributed by atoms with Gasteiger partial charge < -0.3 is 15.4 Å². The summed E-state index contributed by atoms with van der Waals surface area (Å²) in [6, 6.07) is 5.57. The zero-order chi connectivity index (χ0) is 17.1. The number of carbonyl (C=O) groups is 1. The smallest absolute Gasteiger partial charge is 0.315 e. The maximum Gasteiger partial charge on any atom is 0.315 e. The van der Waals surface area contributed by atoms with Gasteiger partial charge in [-0.1, -0.05) is 15.9 Å². The highest BCUT2D eigenvalue weighted by atomic mass is 79.9. The number of hydrogen-bond acceptors (Lipinski definition) is 3. The summed E-state index contributed by atoms with van der Waals surface area (Å²) >= 11 is 3.44. The van der Waals surface area contributed by atoms with E-state index in [9.17, 15) is 4.79 Å². The lowest BCUT2D eigenvalue weighted by Crippen LogP contribution is -2.38. The van der Waals surface area contributed by atoms with Crippen LogP contribution in [-0.4, -0.2) is 22.9 Å². The molecular formula is C17H21BrN4O2. The van der Waals surface area contributed by atoms with E-state index in [1.165, 1.54) is 5.69 Å². The summed E-state index contributed by atoms with van der Waals surface area (Å²) in [6.07, 6.45) is 4.86. The first-order chi connectivity index (χ1) is 11.6. The van der Waals surface area contributed by atoms with Crippen LogP contribution in [0.15, 0.2) is 28.9 Å². The van der Waals surface area contributed by atoms with Crippen molar-refractivity contribution in [3.63, 3.8) is 0 Å². The normalized spacial score (nSPS) is 16.4. The molecule has 0 saturated heterocycles. The molecule has 3 rings (SSSR count). The number of methoxy groups -OCH3 is 1. The third kappa shape index (κ3) is 3.56. The third-order valence-electron chi connectivity index (χ3n) is 4.36. The van der Waals surface area contributed by atoms with E-state index in [4.69, 9.17) is 4.74 Å². The molecule has 0 aliphatic heterocycles. The van der Waals surface area contributed by atoms with Crippen LogP contribution >= 0.6 is 15.9 Å². The molecule has 24 heavy (non-hydrogen) atoms. The van der Waals surface area contributed by atoms with E-state index in [0.717, 1.165) is 40.6 Å². The molecule has 0 spiro atoms. The number of aromatic nitrogens is 2. The van der Waals surface area contributed by atoms with E-state index in [0.29, 0.717) is 6.54 Å². The molecule has 128 valence electrons. The average molecular weight is 393 g/mol. The number of ether oxygens (including phenoxy) is 1. The van der Waals surface area contributed by atoms with Crippen molar-refractivity contribution >= 4 is 22.0 Å². The van der Waals surface area contributed by atoms with Gasteiger partial charge in [-0.25, -0.2) is 4.79 Å². The molecule has 1 aliphatic rings. The van der Waals surface area contributed by atoms with E-state index >= 15 is 0 Å². The van der Waals surface area contributed by atoms with Gasteiger partial charge in [0, 0.05) is 34.9 Å². The lowest BCUT2D eigenvalue weighted by Gasteiger charge is -2.24. The van der Waals surface area contributed by atoms with Crippen LogP contribution in [0.4, 0.5) is 4.79 Å². The van der Waals surface area contributed by atoms with Crippen LogP contribution in [0.5, 0.6) is 5.75 Å². The molecule has 2 amide bonds. The Balaban J connectivity index is 1.62. The highest BCUT2D eigenvalue weighted by molar-refractivity contribution is 9.10. The highest BCUT2D eigenvalue weighted by Gasteiger charge is 2.24. The molecule has 1 aromatic heterocycles. The lowest BCUT2D eigenvalue weighted by molar-refractivity contribution is 0.235. The minimum atomic E-state index is -0.182. The maximum atomic E-state index is 12.3. The molecule has 1 atom stereocenters. The predicted octanol–water partition coefficient (Wildman–Crippen LogP) is 3.07. The number of nitrogens with one attached hydrogen (secondary N) is 2. The molecule has 6 nitrogen and oxygen atoms in total. The molecule has 0 bridgehead atoms. The molecule has 0 fully saturated rings. The molecule has 0 radical (unpaired) electrons. The van der Waals surface area contributed by atoms with Crippen LogP contribution in [0.3, 0.4) is 0 Å². The van der Waals surface area contributed by atoms with Gasteiger partial charge >= 0.3 is 6.03 Å². The Morgan fingerprint density at radius 2 is 2.33 bits per heavy atom. The lowest BCUT2D eigenvalue weighted by atomic mass is 9.93. The van der Waals surface area contributed by atoms with E-state index in [-0.39, 0.29) is 12.1 Å². The zero-order valence-corrected chi connectivity index (χ0v) is 15.4. The Kier molecular flexibility index (Phi) is 5.08. The summed E-state index contributed by atoms with van der Waals surface area (Å²) in [5.74, 6) is 0.755. The minimum absolute atomic E-state index is 0.0202. The number of rotatable bonds is 4. The first kappa shape index (κ1) is 16.8. The highest BCUT2D eigenvalue weighted by Crippen LogP contribution is 2.29. The van der Waals surface area contributed by atoms with Crippen molar-refractivity contribution in [3.05, 3.63) is 45.7 Å². The molecule has 2 aromatic rings. The van der Waals surface area contributed by atoms with Gasteiger partial charge in [-0.3, -0.25) is 4.68 Å². The van der Waals surface area contributed by atoms with E-state index in [2.05, 4.69) is 31.7 Å². The van der Waals surface area contributed by atoms with E-state index in [1.807, 2.05) is 36.1 Å². The molecule has 1 aliphatic carbocycles. The Morgan fingerprint density at radius 1 is 1.50 bits per heavy atom. The summed E-state index contributed by atoms with van der Waals surface area (Å²) in [5, 5.41) is 10.3. The number of benzene rings is 1. The number of hydrogen-bond donors (Lipinski definition) is 2. The first-order valence-corrected chi connectivity index (χ1v) is 8.75. The van der Waals surface area contributed by atoms with Gasteiger partial charge in [0.05, 0.1) is 19.3 Å². The van der Waals surface area contributed by atoms with Gasteiger partial charge in [-0.15, -0.1) is 0 Å². The van der Waals surface area contributed by atoms with Crippen LogP contribution in [0, 0.1) is 0 Å². The summed E-state index contributed by atoms with van der Waals surface area (Å²) < 4.78 is 8.18. The first-order valence-electron chi connectivity index (χ1n) is 7.96. The Bertz CT molecular complexity index is 744. The Hall–Kier alpha value is -2.02. The predicted molar refractivity (Wildman–Crippen MR) is 95.0 cm³/mol.